The molecule has 0 unspecified atom stereocenters. The lowest BCUT2D eigenvalue weighted by atomic mass is 10.2. The Kier molecular flexibility index (Phi) is 3.27. The van der Waals surface area contributed by atoms with Gasteiger partial charge in [-0.05, 0) is 55.1 Å². The van der Waals surface area contributed by atoms with Crippen molar-refractivity contribution >= 4 is 39.0 Å². The molecular formula is C16H12FN5S2. The minimum Gasteiger partial charge on any atom is -0.245 e. The van der Waals surface area contributed by atoms with Crippen LogP contribution in [0.4, 0.5) is 4.39 Å². The van der Waals surface area contributed by atoms with Gasteiger partial charge in [0.05, 0.1) is 26.3 Å². The van der Waals surface area contributed by atoms with E-state index in [0.717, 1.165) is 22.7 Å². The highest BCUT2D eigenvalue weighted by Gasteiger charge is 2.22. The van der Waals surface area contributed by atoms with Crippen molar-refractivity contribution < 1.29 is 4.39 Å². The second kappa shape index (κ2) is 5.49. The summed E-state index contributed by atoms with van der Waals surface area (Å²) in [6.07, 6.45) is 3.55. The average molecular weight is 357 g/mol. The first-order chi connectivity index (χ1) is 11.8. The lowest BCUT2D eigenvalue weighted by Crippen LogP contribution is -2.00. The molecule has 1 aliphatic rings. The summed E-state index contributed by atoms with van der Waals surface area (Å²) < 4.78 is 17.0. The summed E-state index contributed by atoms with van der Waals surface area (Å²) in [4.78, 5) is 4.65. The van der Waals surface area contributed by atoms with Crippen molar-refractivity contribution in [1.29, 1.82) is 0 Å². The Bertz CT molecular complexity index is 1050. The van der Waals surface area contributed by atoms with E-state index >= 15 is 0 Å². The first kappa shape index (κ1) is 14.3. The summed E-state index contributed by atoms with van der Waals surface area (Å²) in [5.41, 5.74) is 4.11. The SMILES string of the molecule is Fc1cc2ncsc2cc1Sc1nnc2ccc(CC3CC3)nn12. The Hall–Kier alpha value is -2.06. The molecule has 4 aromatic rings. The fourth-order valence-corrected chi connectivity index (χ4v) is 4.24. The molecule has 24 heavy (non-hydrogen) atoms. The molecule has 1 saturated carbocycles. The zero-order valence-electron chi connectivity index (χ0n) is 12.5. The summed E-state index contributed by atoms with van der Waals surface area (Å²) >= 11 is 2.74. The Labute approximate surface area is 144 Å². The number of nitrogens with zero attached hydrogens (tertiary/aromatic N) is 5. The molecular weight excluding hydrogens is 345 g/mol. The van der Waals surface area contributed by atoms with Crippen molar-refractivity contribution in [3.63, 3.8) is 0 Å². The van der Waals surface area contributed by atoms with Crippen LogP contribution in [0.1, 0.15) is 18.5 Å². The van der Waals surface area contributed by atoms with E-state index in [9.17, 15) is 4.39 Å². The van der Waals surface area contributed by atoms with Crippen molar-refractivity contribution in [3.05, 3.63) is 41.3 Å². The maximum Gasteiger partial charge on any atom is 0.217 e. The highest BCUT2D eigenvalue weighted by Crippen LogP contribution is 2.34. The molecule has 3 heterocycles. The lowest BCUT2D eigenvalue weighted by molar-refractivity contribution is 0.603. The predicted molar refractivity (Wildman–Crippen MR) is 90.9 cm³/mol. The van der Waals surface area contributed by atoms with Gasteiger partial charge in [0, 0.05) is 6.07 Å². The van der Waals surface area contributed by atoms with E-state index < -0.39 is 0 Å². The van der Waals surface area contributed by atoms with Gasteiger partial charge in [0.25, 0.3) is 0 Å². The van der Waals surface area contributed by atoms with E-state index in [2.05, 4.69) is 20.3 Å². The van der Waals surface area contributed by atoms with Crippen molar-refractivity contribution in [3.8, 4) is 0 Å². The van der Waals surface area contributed by atoms with E-state index in [1.54, 1.807) is 10.0 Å². The van der Waals surface area contributed by atoms with Gasteiger partial charge in [0.1, 0.15) is 5.82 Å². The molecule has 5 rings (SSSR count). The summed E-state index contributed by atoms with van der Waals surface area (Å²) in [5, 5.41) is 13.5. The van der Waals surface area contributed by atoms with Gasteiger partial charge in [-0.2, -0.15) is 9.61 Å². The molecule has 1 aliphatic carbocycles. The van der Waals surface area contributed by atoms with E-state index in [1.165, 1.54) is 42.0 Å². The summed E-state index contributed by atoms with van der Waals surface area (Å²) in [7, 11) is 0. The maximum atomic E-state index is 14.3. The number of halogens is 1. The van der Waals surface area contributed by atoms with Crippen molar-refractivity contribution in [1.82, 2.24) is 24.8 Å². The number of thiazole rings is 1. The van der Waals surface area contributed by atoms with Crippen LogP contribution >= 0.6 is 23.1 Å². The second-order valence-corrected chi connectivity index (χ2v) is 7.82. The van der Waals surface area contributed by atoms with Gasteiger partial charge < -0.3 is 0 Å². The minimum absolute atomic E-state index is 0.302. The number of aromatic nitrogens is 5. The van der Waals surface area contributed by atoms with Gasteiger partial charge in [0.2, 0.25) is 5.16 Å². The molecule has 0 N–H and O–H groups in total. The standard InChI is InChI=1S/C16H12FN5S2/c17-11-6-12-14(23-8-18-12)7-13(11)24-16-20-19-15-4-3-10(21-22(15)16)5-9-1-2-9/h3-4,6-9H,1-2,5H2. The highest BCUT2D eigenvalue weighted by atomic mass is 32.2. The summed E-state index contributed by atoms with van der Waals surface area (Å²) in [6, 6.07) is 7.19. The van der Waals surface area contributed by atoms with E-state index in [4.69, 9.17) is 0 Å². The van der Waals surface area contributed by atoms with E-state index in [1.807, 2.05) is 18.2 Å². The molecule has 0 radical (unpaired) electrons. The first-order valence-corrected chi connectivity index (χ1v) is 9.38. The Morgan fingerprint density at radius 3 is 3.04 bits per heavy atom. The minimum atomic E-state index is -0.302. The van der Waals surface area contributed by atoms with Crippen LogP contribution < -0.4 is 0 Å². The summed E-state index contributed by atoms with van der Waals surface area (Å²) in [5.74, 6) is 0.456. The lowest BCUT2D eigenvalue weighted by Gasteiger charge is -2.03. The molecule has 5 nitrogen and oxygen atoms in total. The third kappa shape index (κ3) is 2.55. The number of benzene rings is 1. The fourth-order valence-electron chi connectivity index (χ4n) is 2.63. The molecule has 8 heteroatoms. The molecule has 0 aliphatic heterocycles. The second-order valence-electron chi connectivity index (χ2n) is 5.93. The molecule has 0 saturated heterocycles. The normalized spacial score (nSPS) is 14.7. The molecule has 0 bridgehead atoms. The van der Waals surface area contributed by atoms with Crippen molar-refractivity contribution in [2.75, 3.05) is 0 Å². The largest absolute Gasteiger partial charge is 0.245 e. The topological polar surface area (TPSA) is 56.0 Å². The molecule has 120 valence electrons. The zero-order valence-corrected chi connectivity index (χ0v) is 14.1. The maximum absolute atomic E-state index is 14.3. The zero-order chi connectivity index (χ0) is 16.1. The van der Waals surface area contributed by atoms with Gasteiger partial charge in [-0.25, -0.2) is 9.37 Å². The Morgan fingerprint density at radius 2 is 2.17 bits per heavy atom. The molecule has 1 aromatic carbocycles. The average Bonchev–Trinajstić information content (AvgIpc) is 3.13. The van der Waals surface area contributed by atoms with E-state index in [0.29, 0.717) is 21.2 Å². The molecule has 0 spiro atoms. The van der Waals surface area contributed by atoms with Gasteiger partial charge in [0.15, 0.2) is 5.65 Å². The number of fused-ring (bicyclic) bond motifs is 2. The number of rotatable bonds is 4. The Balaban J connectivity index is 1.53. The third-order valence-electron chi connectivity index (χ3n) is 4.07. The smallest absolute Gasteiger partial charge is 0.217 e. The molecule has 3 aromatic heterocycles. The first-order valence-electron chi connectivity index (χ1n) is 7.68. The molecule has 0 atom stereocenters. The van der Waals surface area contributed by atoms with Crippen LogP contribution in [0.15, 0.2) is 39.8 Å². The highest BCUT2D eigenvalue weighted by molar-refractivity contribution is 7.99. The van der Waals surface area contributed by atoms with Crippen LogP contribution in [0.25, 0.3) is 15.9 Å². The quantitative estimate of drug-likeness (QED) is 0.553. The molecule has 1 fully saturated rings. The van der Waals surface area contributed by atoms with Gasteiger partial charge >= 0.3 is 0 Å². The predicted octanol–water partition coefficient (Wildman–Crippen LogP) is 3.98. The van der Waals surface area contributed by atoms with E-state index in [-0.39, 0.29) is 5.82 Å². The van der Waals surface area contributed by atoms with Gasteiger partial charge in [-0.1, -0.05) is 0 Å². The number of hydrogen-bond donors (Lipinski definition) is 0. The van der Waals surface area contributed by atoms with Crippen LogP contribution in [-0.4, -0.2) is 24.8 Å². The third-order valence-corrected chi connectivity index (χ3v) is 5.83. The van der Waals surface area contributed by atoms with Crippen molar-refractivity contribution in [2.24, 2.45) is 5.92 Å². The Morgan fingerprint density at radius 1 is 1.25 bits per heavy atom. The van der Waals surface area contributed by atoms with Gasteiger partial charge in [-0.3, -0.25) is 0 Å². The monoisotopic (exact) mass is 357 g/mol. The fraction of sp³-hybridized carbons (Fsp3) is 0.250. The molecule has 0 amide bonds. The van der Waals surface area contributed by atoms with Crippen LogP contribution in [-0.2, 0) is 6.42 Å². The van der Waals surface area contributed by atoms with Crippen LogP contribution in [0.3, 0.4) is 0 Å². The van der Waals surface area contributed by atoms with Crippen molar-refractivity contribution in [2.45, 2.75) is 29.3 Å². The van der Waals surface area contributed by atoms with Crippen LogP contribution in [0, 0.1) is 11.7 Å². The number of hydrogen-bond acceptors (Lipinski definition) is 6. The van der Waals surface area contributed by atoms with Gasteiger partial charge in [-0.15, -0.1) is 21.5 Å². The van der Waals surface area contributed by atoms with Crippen LogP contribution in [0.2, 0.25) is 0 Å². The summed E-state index contributed by atoms with van der Waals surface area (Å²) in [6.45, 7) is 0. The van der Waals surface area contributed by atoms with Crippen LogP contribution in [0.5, 0.6) is 0 Å².